The average Bonchev–Trinajstić information content (AvgIpc) is 3.00. The summed E-state index contributed by atoms with van der Waals surface area (Å²) < 4.78 is 0. The molecule has 0 spiro atoms. The third-order valence-corrected chi connectivity index (χ3v) is 4.89. The molecule has 24 heavy (non-hydrogen) atoms. The van der Waals surface area contributed by atoms with Gasteiger partial charge in [-0.3, -0.25) is 0 Å². The Morgan fingerprint density at radius 3 is 2.71 bits per heavy atom. The summed E-state index contributed by atoms with van der Waals surface area (Å²) >= 11 is 1.50. The van der Waals surface area contributed by atoms with Gasteiger partial charge < -0.3 is 10.1 Å². The number of aromatic amines is 1. The van der Waals surface area contributed by atoms with Gasteiger partial charge in [-0.15, -0.1) is 11.8 Å². The highest BCUT2D eigenvalue weighted by molar-refractivity contribution is 7.99. The third-order valence-electron chi connectivity index (χ3n) is 3.88. The summed E-state index contributed by atoms with van der Waals surface area (Å²) in [6.45, 7) is 4.13. The number of thioether (sulfide) groups is 1. The lowest BCUT2D eigenvalue weighted by Gasteiger charge is -2.06. The highest BCUT2D eigenvalue weighted by Crippen LogP contribution is 2.26. The number of nitrogens with zero attached hydrogens (tertiary/aromatic N) is 2. The van der Waals surface area contributed by atoms with Crippen LogP contribution in [-0.2, 0) is 0 Å². The van der Waals surface area contributed by atoms with Crippen molar-refractivity contribution in [1.82, 2.24) is 9.97 Å². The van der Waals surface area contributed by atoms with E-state index >= 15 is 0 Å². The highest BCUT2D eigenvalue weighted by Gasteiger charge is 2.13. The molecule has 0 aliphatic rings. The molecule has 0 unspecified atom stereocenters. The number of nitriles is 1. The Kier molecular flexibility index (Phi) is 4.59. The minimum Gasteiger partial charge on any atom is -0.510 e. The Bertz CT molecular complexity index is 933. The number of aryl methyl sites for hydroxylation is 2. The van der Waals surface area contributed by atoms with Gasteiger partial charge in [-0.2, -0.15) is 5.26 Å². The zero-order chi connectivity index (χ0) is 17.1. The molecule has 0 amide bonds. The van der Waals surface area contributed by atoms with Crippen LogP contribution in [0.5, 0.6) is 0 Å². The molecule has 0 bridgehead atoms. The number of aromatic nitrogens is 2. The summed E-state index contributed by atoms with van der Waals surface area (Å²) in [5, 5.41) is 19.8. The Labute approximate surface area is 144 Å². The maximum Gasteiger partial charge on any atom is 0.152 e. The molecule has 0 radical (unpaired) electrons. The molecule has 0 fully saturated rings. The maximum absolute atomic E-state index is 10.3. The van der Waals surface area contributed by atoms with Crippen LogP contribution in [0.15, 0.2) is 53.1 Å². The van der Waals surface area contributed by atoms with Gasteiger partial charge in [-0.1, -0.05) is 18.2 Å². The molecule has 0 aliphatic carbocycles. The van der Waals surface area contributed by atoms with E-state index in [0.717, 1.165) is 15.9 Å². The molecule has 1 heterocycles. The largest absolute Gasteiger partial charge is 0.510 e. The van der Waals surface area contributed by atoms with Gasteiger partial charge in [0.05, 0.1) is 16.8 Å². The lowest BCUT2D eigenvalue weighted by Crippen LogP contribution is -1.95. The van der Waals surface area contributed by atoms with Crippen LogP contribution < -0.4 is 0 Å². The Hall–Kier alpha value is -2.71. The number of hydrogen-bond donors (Lipinski definition) is 2. The van der Waals surface area contributed by atoms with Gasteiger partial charge in [0, 0.05) is 4.90 Å². The van der Waals surface area contributed by atoms with Crippen LogP contribution in [0.3, 0.4) is 0 Å². The van der Waals surface area contributed by atoms with Crippen LogP contribution in [0.2, 0.25) is 0 Å². The van der Waals surface area contributed by atoms with E-state index in [0.29, 0.717) is 11.6 Å². The van der Waals surface area contributed by atoms with E-state index in [4.69, 9.17) is 0 Å². The zero-order valence-electron chi connectivity index (χ0n) is 13.5. The molecule has 0 saturated carbocycles. The summed E-state index contributed by atoms with van der Waals surface area (Å²) in [7, 11) is 0. The molecule has 0 aliphatic heterocycles. The molecular formula is C19H17N3OS. The fourth-order valence-electron chi connectivity index (χ4n) is 2.35. The van der Waals surface area contributed by atoms with Gasteiger partial charge in [0.15, 0.2) is 5.82 Å². The van der Waals surface area contributed by atoms with Crippen LogP contribution in [0.1, 0.15) is 17.0 Å². The second kappa shape index (κ2) is 6.81. The molecule has 0 saturated heterocycles. The molecule has 2 aromatic carbocycles. The summed E-state index contributed by atoms with van der Waals surface area (Å²) in [6.07, 6.45) is 0. The first-order valence-electron chi connectivity index (χ1n) is 7.56. The summed E-state index contributed by atoms with van der Waals surface area (Å²) in [6, 6.07) is 15.8. The van der Waals surface area contributed by atoms with E-state index < -0.39 is 0 Å². The lowest BCUT2D eigenvalue weighted by molar-refractivity contribution is 0.420. The molecule has 3 rings (SSSR count). The summed E-state index contributed by atoms with van der Waals surface area (Å²) in [4.78, 5) is 8.52. The van der Waals surface area contributed by atoms with E-state index in [2.05, 4.69) is 42.0 Å². The van der Waals surface area contributed by atoms with Crippen molar-refractivity contribution in [2.24, 2.45) is 0 Å². The van der Waals surface area contributed by atoms with Crippen LogP contribution in [0, 0.1) is 25.2 Å². The number of benzene rings is 2. The standard InChI is InChI=1S/C19H17N3OS/c1-12-7-8-14(9-13(12)2)24-11-18(23)15(10-20)19-21-16-5-3-4-6-17(16)22-19/h3-9,23H,11H2,1-2H3,(H,21,22). The van der Waals surface area contributed by atoms with E-state index in [-0.39, 0.29) is 11.3 Å². The average molecular weight is 335 g/mol. The number of hydrogen-bond acceptors (Lipinski definition) is 4. The number of fused-ring (bicyclic) bond motifs is 1. The number of allylic oxidation sites excluding steroid dienone is 1. The second-order valence-corrected chi connectivity index (χ2v) is 6.62. The van der Waals surface area contributed by atoms with Gasteiger partial charge in [-0.25, -0.2) is 4.98 Å². The Morgan fingerprint density at radius 1 is 1.21 bits per heavy atom. The first-order chi connectivity index (χ1) is 11.6. The van der Waals surface area contributed by atoms with Crippen molar-refractivity contribution in [3.63, 3.8) is 0 Å². The SMILES string of the molecule is Cc1ccc(SCC(O)=C(C#N)c2nc3ccccc3[nH]2)cc1C. The molecule has 1 aromatic heterocycles. The molecule has 2 N–H and O–H groups in total. The third kappa shape index (κ3) is 3.29. The van der Waals surface area contributed by atoms with Gasteiger partial charge in [0.1, 0.15) is 17.4 Å². The number of H-pyrrole nitrogens is 1. The second-order valence-electron chi connectivity index (χ2n) is 5.57. The van der Waals surface area contributed by atoms with E-state index in [9.17, 15) is 10.4 Å². The number of rotatable bonds is 4. The topological polar surface area (TPSA) is 72.7 Å². The number of para-hydroxylation sites is 2. The summed E-state index contributed by atoms with van der Waals surface area (Å²) in [5.74, 6) is 0.749. The van der Waals surface area contributed by atoms with Crippen molar-refractivity contribution in [3.05, 3.63) is 65.2 Å². The van der Waals surface area contributed by atoms with Crippen LogP contribution in [0.25, 0.3) is 16.6 Å². The molecule has 0 atom stereocenters. The fourth-order valence-corrected chi connectivity index (χ4v) is 3.23. The Balaban J connectivity index is 1.84. The summed E-state index contributed by atoms with van der Waals surface area (Å²) in [5.41, 5.74) is 4.24. The number of nitrogens with one attached hydrogen (secondary N) is 1. The lowest BCUT2D eigenvalue weighted by atomic mass is 10.1. The van der Waals surface area contributed by atoms with Crippen LogP contribution in [-0.4, -0.2) is 20.8 Å². The number of aliphatic hydroxyl groups is 1. The van der Waals surface area contributed by atoms with Crippen molar-refractivity contribution in [3.8, 4) is 6.07 Å². The minimum atomic E-state index is 0.0276. The zero-order valence-corrected chi connectivity index (χ0v) is 14.3. The van der Waals surface area contributed by atoms with Crippen LogP contribution in [0.4, 0.5) is 0 Å². The molecular weight excluding hydrogens is 318 g/mol. The quantitative estimate of drug-likeness (QED) is 0.409. The smallest absolute Gasteiger partial charge is 0.152 e. The van der Waals surface area contributed by atoms with Crippen molar-refractivity contribution >= 4 is 28.4 Å². The van der Waals surface area contributed by atoms with Crippen molar-refractivity contribution in [2.45, 2.75) is 18.7 Å². The van der Waals surface area contributed by atoms with Gasteiger partial charge >= 0.3 is 0 Å². The van der Waals surface area contributed by atoms with Gasteiger partial charge in [0.25, 0.3) is 0 Å². The van der Waals surface area contributed by atoms with Crippen molar-refractivity contribution in [2.75, 3.05) is 5.75 Å². The fraction of sp³-hybridized carbons (Fsp3) is 0.158. The Morgan fingerprint density at radius 2 is 2.00 bits per heavy atom. The number of aliphatic hydroxyl groups excluding tert-OH is 1. The molecule has 5 heteroatoms. The first kappa shape index (κ1) is 16.2. The van der Waals surface area contributed by atoms with E-state index in [1.165, 1.54) is 22.9 Å². The highest BCUT2D eigenvalue weighted by atomic mass is 32.2. The molecule has 4 nitrogen and oxygen atoms in total. The van der Waals surface area contributed by atoms with Crippen molar-refractivity contribution < 1.29 is 5.11 Å². The number of imidazole rings is 1. The van der Waals surface area contributed by atoms with Gasteiger partial charge in [-0.05, 0) is 49.2 Å². The molecule has 120 valence electrons. The first-order valence-corrected chi connectivity index (χ1v) is 8.54. The normalized spacial score (nSPS) is 12.0. The van der Waals surface area contributed by atoms with Crippen molar-refractivity contribution in [1.29, 1.82) is 5.26 Å². The van der Waals surface area contributed by atoms with Gasteiger partial charge in [0.2, 0.25) is 0 Å². The van der Waals surface area contributed by atoms with E-state index in [1.807, 2.05) is 30.3 Å². The van der Waals surface area contributed by atoms with Crippen LogP contribution >= 0.6 is 11.8 Å². The monoisotopic (exact) mass is 335 g/mol. The maximum atomic E-state index is 10.3. The minimum absolute atomic E-state index is 0.0276. The predicted octanol–water partition coefficient (Wildman–Crippen LogP) is 4.76. The molecule has 3 aromatic rings. The van der Waals surface area contributed by atoms with E-state index in [1.54, 1.807) is 0 Å². The predicted molar refractivity (Wildman–Crippen MR) is 97.9 cm³/mol.